The standard InChI is InChI=1S/C13H30B2N4O2/c1-14(20)17-6-10-8-19(13-4-3-12(16)5-13)9-11(10)7-18-15(2)21/h10-13,17-18,20-21H,3-9,16H2,1-2H3/t10-,11+,12-,13+/m0/s1. The highest BCUT2D eigenvalue weighted by Crippen LogP contribution is 2.30. The number of likely N-dealkylation sites (tertiary alicyclic amines) is 1. The zero-order chi connectivity index (χ0) is 15.4. The van der Waals surface area contributed by atoms with E-state index in [4.69, 9.17) is 5.73 Å². The first-order valence-corrected chi connectivity index (χ1v) is 8.28. The molecule has 6 N–H and O–H groups in total. The fourth-order valence-corrected chi connectivity index (χ4v) is 3.70. The van der Waals surface area contributed by atoms with Gasteiger partial charge in [0, 0.05) is 25.2 Å². The van der Waals surface area contributed by atoms with Crippen LogP contribution in [0.4, 0.5) is 0 Å². The van der Waals surface area contributed by atoms with Gasteiger partial charge in [-0.2, -0.15) is 0 Å². The van der Waals surface area contributed by atoms with Gasteiger partial charge in [-0.05, 0) is 57.8 Å². The molecule has 2 rings (SSSR count). The van der Waals surface area contributed by atoms with Gasteiger partial charge in [-0.3, -0.25) is 4.90 Å². The molecule has 0 radical (unpaired) electrons. The number of nitrogens with zero attached hydrogens (tertiary/aromatic N) is 1. The van der Waals surface area contributed by atoms with Crippen LogP contribution in [-0.4, -0.2) is 67.3 Å². The Labute approximate surface area is 129 Å². The Hall–Kier alpha value is -0.110. The van der Waals surface area contributed by atoms with Gasteiger partial charge in [0.2, 0.25) is 0 Å². The molecule has 1 aliphatic carbocycles. The van der Waals surface area contributed by atoms with Crippen LogP contribution in [0, 0.1) is 11.8 Å². The van der Waals surface area contributed by atoms with Crippen molar-refractivity contribution in [3.05, 3.63) is 0 Å². The molecular formula is C13H30B2N4O2. The van der Waals surface area contributed by atoms with Crippen LogP contribution in [0.2, 0.25) is 13.6 Å². The fraction of sp³-hybridized carbons (Fsp3) is 1.00. The number of nitrogens with one attached hydrogen (secondary N) is 2. The quantitative estimate of drug-likeness (QED) is 0.380. The zero-order valence-electron chi connectivity index (χ0n) is 13.3. The monoisotopic (exact) mass is 296 g/mol. The lowest BCUT2D eigenvalue weighted by Crippen LogP contribution is -2.41. The zero-order valence-corrected chi connectivity index (χ0v) is 13.3. The maximum Gasteiger partial charge on any atom is 0.373 e. The Morgan fingerprint density at radius 2 is 1.57 bits per heavy atom. The molecule has 8 heteroatoms. The number of hydrogen-bond acceptors (Lipinski definition) is 6. The van der Waals surface area contributed by atoms with E-state index in [2.05, 4.69) is 15.4 Å². The summed E-state index contributed by atoms with van der Waals surface area (Å²) in [5.41, 5.74) is 6.04. The normalized spacial score (nSPS) is 33.6. The Morgan fingerprint density at radius 1 is 1.05 bits per heavy atom. The van der Waals surface area contributed by atoms with Gasteiger partial charge in [0.05, 0.1) is 0 Å². The molecule has 0 unspecified atom stereocenters. The topological polar surface area (TPSA) is 93.8 Å². The molecule has 6 nitrogen and oxygen atoms in total. The second kappa shape index (κ2) is 7.94. The molecule has 0 spiro atoms. The van der Waals surface area contributed by atoms with E-state index in [0.717, 1.165) is 39.0 Å². The Kier molecular flexibility index (Phi) is 6.52. The van der Waals surface area contributed by atoms with E-state index in [0.29, 0.717) is 23.9 Å². The number of hydrogen-bond donors (Lipinski definition) is 5. The highest BCUT2D eigenvalue weighted by atomic mass is 16.2. The molecule has 1 heterocycles. The third-order valence-electron chi connectivity index (χ3n) is 4.92. The van der Waals surface area contributed by atoms with Gasteiger partial charge in [0.25, 0.3) is 0 Å². The van der Waals surface area contributed by atoms with Crippen LogP contribution in [0.15, 0.2) is 0 Å². The molecule has 0 aromatic rings. The average molecular weight is 296 g/mol. The molecule has 2 aliphatic rings. The molecule has 21 heavy (non-hydrogen) atoms. The van der Waals surface area contributed by atoms with Crippen LogP contribution in [0.25, 0.3) is 0 Å². The molecule has 0 aromatic carbocycles. The smallest absolute Gasteiger partial charge is 0.373 e. The van der Waals surface area contributed by atoms with Gasteiger partial charge in [0.15, 0.2) is 0 Å². The van der Waals surface area contributed by atoms with Crippen molar-refractivity contribution in [3.63, 3.8) is 0 Å². The lowest BCUT2D eigenvalue weighted by atomic mass is 9.84. The van der Waals surface area contributed by atoms with Gasteiger partial charge in [0.1, 0.15) is 0 Å². The van der Waals surface area contributed by atoms with E-state index >= 15 is 0 Å². The summed E-state index contributed by atoms with van der Waals surface area (Å²) in [5.74, 6) is 1.00. The average Bonchev–Trinajstić information content (AvgIpc) is 3.00. The Balaban J connectivity index is 1.88. The summed E-state index contributed by atoms with van der Waals surface area (Å²) in [6.45, 7) is 7.27. The largest absolute Gasteiger partial charge is 0.437 e. The van der Waals surface area contributed by atoms with E-state index in [9.17, 15) is 10.0 Å². The van der Waals surface area contributed by atoms with E-state index < -0.39 is 14.1 Å². The first-order valence-electron chi connectivity index (χ1n) is 8.28. The van der Waals surface area contributed by atoms with Gasteiger partial charge < -0.3 is 26.2 Å². The van der Waals surface area contributed by atoms with E-state index in [1.165, 1.54) is 6.42 Å². The maximum absolute atomic E-state index is 9.43. The molecule has 0 bridgehead atoms. The SMILES string of the molecule is CB(O)NC[C@@H]1CN([C@@H]2CC[C@H](N)C2)C[C@@H]1CNB(C)O. The predicted molar refractivity (Wildman–Crippen MR) is 87.8 cm³/mol. The molecule has 1 saturated heterocycles. The first-order chi connectivity index (χ1) is 9.95. The van der Waals surface area contributed by atoms with Gasteiger partial charge in [-0.1, -0.05) is 0 Å². The van der Waals surface area contributed by atoms with E-state index in [-0.39, 0.29) is 0 Å². The third kappa shape index (κ3) is 5.23. The highest BCUT2D eigenvalue weighted by Gasteiger charge is 2.38. The van der Waals surface area contributed by atoms with Crippen molar-refractivity contribution in [2.45, 2.75) is 45.0 Å². The fourth-order valence-electron chi connectivity index (χ4n) is 3.70. The van der Waals surface area contributed by atoms with Gasteiger partial charge in [-0.25, -0.2) is 0 Å². The minimum Gasteiger partial charge on any atom is -0.437 e. The second-order valence-corrected chi connectivity index (χ2v) is 6.87. The molecule has 0 amide bonds. The van der Waals surface area contributed by atoms with Crippen molar-refractivity contribution >= 4 is 14.1 Å². The van der Waals surface area contributed by atoms with Crippen molar-refractivity contribution in [2.24, 2.45) is 17.6 Å². The van der Waals surface area contributed by atoms with Crippen LogP contribution < -0.4 is 16.2 Å². The van der Waals surface area contributed by atoms with Crippen LogP contribution in [0.1, 0.15) is 19.3 Å². The molecule has 4 atom stereocenters. The van der Waals surface area contributed by atoms with Crippen LogP contribution in [-0.2, 0) is 0 Å². The summed E-state index contributed by atoms with van der Waals surface area (Å²) < 4.78 is 0. The van der Waals surface area contributed by atoms with Crippen molar-refractivity contribution in [3.8, 4) is 0 Å². The number of nitrogens with two attached hydrogens (primary N) is 1. The van der Waals surface area contributed by atoms with Gasteiger partial charge >= 0.3 is 14.1 Å². The van der Waals surface area contributed by atoms with E-state index in [1.54, 1.807) is 13.6 Å². The van der Waals surface area contributed by atoms with Crippen molar-refractivity contribution < 1.29 is 10.0 Å². The Morgan fingerprint density at radius 3 is 1.95 bits per heavy atom. The molecular weight excluding hydrogens is 266 g/mol. The molecule has 0 aromatic heterocycles. The summed E-state index contributed by atoms with van der Waals surface area (Å²) in [7, 11) is -0.936. The van der Waals surface area contributed by atoms with Crippen molar-refractivity contribution in [1.29, 1.82) is 0 Å². The predicted octanol–water partition coefficient (Wildman–Crippen LogP) is -1.19. The second-order valence-electron chi connectivity index (χ2n) is 6.87. The summed E-state index contributed by atoms with van der Waals surface area (Å²) >= 11 is 0. The third-order valence-corrected chi connectivity index (χ3v) is 4.92. The first kappa shape index (κ1) is 17.2. The maximum atomic E-state index is 9.43. The van der Waals surface area contributed by atoms with Crippen LogP contribution in [0.5, 0.6) is 0 Å². The Bertz CT molecular complexity index is 303. The highest BCUT2D eigenvalue weighted by molar-refractivity contribution is 6.45. The lowest BCUT2D eigenvalue weighted by molar-refractivity contribution is 0.232. The van der Waals surface area contributed by atoms with Crippen molar-refractivity contribution in [2.75, 3.05) is 26.2 Å². The molecule has 120 valence electrons. The summed E-state index contributed by atoms with van der Waals surface area (Å²) in [6.07, 6.45) is 3.44. The van der Waals surface area contributed by atoms with Crippen molar-refractivity contribution in [1.82, 2.24) is 15.4 Å². The van der Waals surface area contributed by atoms with E-state index in [1.807, 2.05) is 0 Å². The molecule has 1 saturated carbocycles. The minimum absolute atomic E-state index is 0.360. The molecule has 1 aliphatic heterocycles. The summed E-state index contributed by atoms with van der Waals surface area (Å²) in [6, 6.07) is 0.976. The lowest BCUT2D eigenvalue weighted by Gasteiger charge is -2.24. The van der Waals surface area contributed by atoms with Crippen LogP contribution in [0.3, 0.4) is 0 Å². The summed E-state index contributed by atoms with van der Waals surface area (Å²) in [4.78, 5) is 2.57. The summed E-state index contributed by atoms with van der Waals surface area (Å²) in [5, 5.41) is 25.1. The van der Waals surface area contributed by atoms with Gasteiger partial charge in [-0.15, -0.1) is 0 Å². The molecule has 2 fully saturated rings. The minimum atomic E-state index is -0.468. The number of rotatable bonds is 7. The van der Waals surface area contributed by atoms with Crippen LogP contribution >= 0.6 is 0 Å².